The van der Waals surface area contributed by atoms with Gasteiger partial charge in [-0.25, -0.2) is 0 Å². The van der Waals surface area contributed by atoms with Crippen LogP contribution in [0.4, 0.5) is 17.6 Å². The van der Waals surface area contributed by atoms with Crippen molar-refractivity contribution in [3.63, 3.8) is 0 Å². The Labute approximate surface area is 95.2 Å². The maximum absolute atomic E-state index is 12.5. The molecule has 0 fully saturated rings. The van der Waals surface area contributed by atoms with Gasteiger partial charge in [-0.3, -0.25) is 4.39 Å². The lowest BCUT2D eigenvalue weighted by Crippen LogP contribution is -2.13. The number of rotatable bonds is 3. The molecule has 0 heterocycles. The molecule has 90 valence electrons. The van der Waals surface area contributed by atoms with E-state index in [0.717, 1.165) is 12.1 Å². The third kappa shape index (κ3) is 3.09. The smallest absolute Gasteiger partial charge is 0.324 e. The molecule has 1 aromatic rings. The van der Waals surface area contributed by atoms with E-state index in [9.17, 15) is 17.6 Å². The van der Waals surface area contributed by atoms with E-state index in [0.29, 0.717) is 0 Å². The van der Waals surface area contributed by atoms with Crippen molar-refractivity contribution in [1.82, 2.24) is 0 Å². The van der Waals surface area contributed by atoms with Crippen LogP contribution in [0.15, 0.2) is 18.2 Å². The summed E-state index contributed by atoms with van der Waals surface area (Å²) in [5.41, 5.74) is 4.80. The molecule has 0 saturated carbocycles. The summed E-state index contributed by atoms with van der Waals surface area (Å²) in [5, 5.41) is -0.385. The lowest BCUT2D eigenvalue weighted by Gasteiger charge is -2.14. The summed E-state index contributed by atoms with van der Waals surface area (Å²) in [6.45, 7) is -0.675. The van der Waals surface area contributed by atoms with Crippen molar-refractivity contribution in [2.24, 2.45) is 5.73 Å². The number of hydrogen-bond acceptors (Lipinski definition) is 1. The van der Waals surface area contributed by atoms with Crippen molar-refractivity contribution in [2.45, 2.75) is 18.6 Å². The Morgan fingerprint density at radius 2 is 1.94 bits per heavy atom. The molecule has 0 aromatic heterocycles. The maximum atomic E-state index is 12.5. The predicted octanol–water partition coefficient (Wildman–Crippen LogP) is 3.72. The summed E-state index contributed by atoms with van der Waals surface area (Å²) in [7, 11) is 0. The zero-order chi connectivity index (χ0) is 12.3. The van der Waals surface area contributed by atoms with Crippen LogP contribution < -0.4 is 5.73 Å². The molecule has 0 radical (unpaired) electrons. The molecule has 0 saturated heterocycles. The van der Waals surface area contributed by atoms with Crippen molar-refractivity contribution in [2.75, 3.05) is 6.67 Å². The van der Waals surface area contributed by atoms with E-state index < -0.39 is 24.5 Å². The van der Waals surface area contributed by atoms with Gasteiger partial charge in [-0.15, -0.1) is 0 Å². The molecule has 2 N–H and O–H groups in total. The van der Waals surface area contributed by atoms with Gasteiger partial charge in [-0.05, 0) is 24.1 Å². The Balaban J connectivity index is 3.07. The highest BCUT2D eigenvalue weighted by molar-refractivity contribution is 6.31. The maximum Gasteiger partial charge on any atom is 0.417 e. The second kappa shape index (κ2) is 5.01. The van der Waals surface area contributed by atoms with Crippen LogP contribution in [0, 0.1) is 0 Å². The molecular weight excluding hydrogens is 246 g/mol. The summed E-state index contributed by atoms with van der Waals surface area (Å²) in [4.78, 5) is 0. The van der Waals surface area contributed by atoms with Gasteiger partial charge >= 0.3 is 6.18 Å². The first kappa shape index (κ1) is 13.3. The minimum atomic E-state index is -4.53. The Bertz CT molecular complexity index is 364. The fourth-order valence-electron chi connectivity index (χ4n) is 1.27. The lowest BCUT2D eigenvalue weighted by atomic mass is 10.0. The van der Waals surface area contributed by atoms with E-state index in [4.69, 9.17) is 17.3 Å². The number of hydrogen-bond donors (Lipinski definition) is 1. The molecular formula is C10H10ClF4N. The number of halogens is 5. The third-order valence-corrected chi connectivity index (χ3v) is 2.47. The molecule has 0 unspecified atom stereocenters. The lowest BCUT2D eigenvalue weighted by molar-refractivity contribution is -0.137. The summed E-state index contributed by atoms with van der Waals surface area (Å²) >= 11 is 5.43. The number of benzene rings is 1. The van der Waals surface area contributed by atoms with Crippen molar-refractivity contribution in [1.29, 1.82) is 0 Å². The van der Waals surface area contributed by atoms with Gasteiger partial charge in [-0.1, -0.05) is 17.7 Å². The monoisotopic (exact) mass is 255 g/mol. The molecule has 0 aliphatic carbocycles. The first-order valence-electron chi connectivity index (χ1n) is 4.54. The van der Waals surface area contributed by atoms with E-state index in [2.05, 4.69) is 0 Å². The van der Waals surface area contributed by atoms with Crippen LogP contribution in [0.3, 0.4) is 0 Å². The fraction of sp³-hybridized carbons (Fsp3) is 0.400. The van der Waals surface area contributed by atoms with Crippen LogP contribution in [0.1, 0.15) is 23.6 Å². The van der Waals surface area contributed by atoms with Gasteiger partial charge in [0.15, 0.2) is 0 Å². The molecule has 6 heteroatoms. The second-order valence-electron chi connectivity index (χ2n) is 3.32. The minimum absolute atomic E-state index is 0.0150. The van der Waals surface area contributed by atoms with E-state index in [1.807, 2.05) is 0 Å². The zero-order valence-corrected chi connectivity index (χ0v) is 8.95. The van der Waals surface area contributed by atoms with Gasteiger partial charge in [0.25, 0.3) is 0 Å². The van der Waals surface area contributed by atoms with Crippen LogP contribution in [0.2, 0.25) is 5.02 Å². The Kier molecular flexibility index (Phi) is 4.15. The van der Waals surface area contributed by atoms with E-state index in [-0.39, 0.29) is 17.0 Å². The molecule has 16 heavy (non-hydrogen) atoms. The van der Waals surface area contributed by atoms with Crippen LogP contribution in [-0.2, 0) is 6.18 Å². The standard InChI is InChI=1S/C10H10ClF4N/c11-8-2-1-6(9(16)3-4-12)5-7(8)10(13,14)15/h1-2,5,9H,3-4,16H2/t9-/m0/s1. The molecule has 0 spiro atoms. The van der Waals surface area contributed by atoms with Gasteiger partial charge < -0.3 is 5.73 Å². The normalized spacial score (nSPS) is 13.9. The summed E-state index contributed by atoms with van der Waals surface area (Å²) in [5.74, 6) is 0. The summed E-state index contributed by atoms with van der Waals surface area (Å²) in [6.07, 6.45) is -4.54. The Hall–Kier alpha value is -0.810. The largest absolute Gasteiger partial charge is 0.417 e. The second-order valence-corrected chi connectivity index (χ2v) is 3.73. The zero-order valence-electron chi connectivity index (χ0n) is 8.19. The van der Waals surface area contributed by atoms with Crippen LogP contribution in [0.25, 0.3) is 0 Å². The molecule has 1 aromatic carbocycles. The molecule has 1 rings (SSSR count). The van der Waals surface area contributed by atoms with Crippen LogP contribution >= 0.6 is 11.6 Å². The molecule has 0 bridgehead atoms. The topological polar surface area (TPSA) is 26.0 Å². The highest BCUT2D eigenvalue weighted by Crippen LogP contribution is 2.36. The van der Waals surface area contributed by atoms with Gasteiger partial charge in [0.05, 0.1) is 17.3 Å². The highest BCUT2D eigenvalue weighted by atomic mass is 35.5. The van der Waals surface area contributed by atoms with Crippen LogP contribution in [0.5, 0.6) is 0 Å². The first-order valence-corrected chi connectivity index (χ1v) is 4.92. The van der Waals surface area contributed by atoms with Gasteiger partial charge in [0.2, 0.25) is 0 Å². The Morgan fingerprint density at radius 3 is 2.44 bits per heavy atom. The third-order valence-electron chi connectivity index (χ3n) is 2.14. The van der Waals surface area contributed by atoms with Crippen molar-refractivity contribution in [3.8, 4) is 0 Å². The number of nitrogens with two attached hydrogens (primary N) is 1. The van der Waals surface area contributed by atoms with Gasteiger partial charge in [0.1, 0.15) is 0 Å². The molecule has 1 nitrogen and oxygen atoms in total. The van der Waals surface area contributed by atoms with E-state index in [1.54, 1.807) is 0 Å². The predicted molar refractivity (Wildman–Crippen MR) is 54.0 cm³/mol. The van der Waals surface area contributed by atoms with Crippen molar-refractivity contribution < 1.29 is 17.6 Å². The summed E-state index contributed by atoms with van der Waals surface area (Å²) < 4.78 is 49.5. The van der Waals surface area contributed by atoms with Crippen molar-refractivity contribution in [3.05, 3.63) is 34.3 Å². The average molecular weight is 256 g/mol. The Morgan fingerprint density at radius 1 is 1.31 bits per heavy atom. The SMILES string of the molecule is N[C@@H](CCF)c1ccc(Cl)c(C(F)(F)F)c1. The highest BCUT2D eigenvalue weighted by Gasteiger charge is 2.33. The number of alkyl halides is 4. The quantitative estimate of drug-likeness (QED) is 0.819. The fourth-order valence-corrected chi connectivity index (χ4v) is 1.50. The molecule has 0 aliphatic heterocycles. The first-order chi connectivity index (χ1) is 7.36. The van der Waals surface area contributed by atoms with Gasteiger partial charge in [0, 0.05) is 6.04 Å². The average Bonchev–Trinajstić information content (AvgIpc) is 2.16. The minimum Gasteiger partial charge on any atom is -0.324 e. The molecule has 0 amide bonds. The van der Waals surface area contributed by atoms with E-state index >= 15 is 0 Å². The summed E-state index contributed by atoms with van der Waals surface area (Å²) in [6, 6.07) is 2.61. The van der Waals surface area contributed by atoms with Gasteiger partial charge in [-0.2, -0.15) is 13.2 Å². The molecule has 0 aliphatic rings. The van der Waals surface area contributed by atoms with Crippen LogP contribution in [-0.4, -0.2) is 6.67 Å². The van der Waals surface area contributed by atoms with Crippen molar-refractivity contribution >= 4 is 11.6 Å². The molecule has 1 atom stereocenters. The van der Waals surface area contributed by atoms with E-state index in [1.165, 1.54) is 6.07 Å².